The third kappa shape index (κ3) is 6.79. The van der Waals surface area contributed by atoms with Gasteiger partial charge in [-0.05, 0) is 42.4 Å². The Hall–Kier alpha value is -4.14. The van der Waals surface area contributed by atoms with Crippen molar-refractivity contribution < 1.29 is 18.0 Å². The molecule has 1 aromatic carbocycles. The average Bonchev–Trinajstić information content (AvgIpc) is 2.89. The van der Waals surface area contributed by atoms with Gasteiger partial charge in [-0.3, -0.25) is 9.69 Å². The second-order valence-electron chi connectivity index (χ2n) is 8.91. The van der Waals surface area contributed by atoms with Crippen LogP contribution in [0.1, 0.15) is 39.5 Å². The van der Waals surface area contributed by atoms with Gasteiger partial charge in [0.05, 0.1) is 11.3 Å². The Labute approximate surface area is 218 Å². The summed E-state index contributed by atoms with van der Waals surface area (Å²) in [5, 5.41) is 2.55. The van der Waals surface area contributed by atoms with Crippen LogP contribution >= 0.6 is 0 Å². The number of likely N-dealkylation sites (N-methyl/N-ethyl adjacent to an activating group) is 1. The van der Waals surface area contributed by atoms with Crippen molar-refractivity contribution in [2.45, 2.75) is 19.6 Å². The summed E-state index contributed by atoms with van der Waals surface area (Å²) in [6.07, 6.45) is -1.67. The molecule has 8 nitrogen and oxygen atoms in total. The summed E-state index contributed by atoms with van der Waals surface area (Å²) in [5.41, 5.74) is 11.9. The number of alkyl halides is 3. The number of carbonyl (C=O) groups excluding carboxylic acids is 1. The summed E-state index contributed by atoms with van der Waals surface area (Å²) in [6, 6.07) is 8.43. The van der Waals surface area contributed by atoms with Crippen molar-refractivity contribution in [3.63, 3.8) is 0 Å². The summed E-state index contributed by atoms with van der Waals surface area (Å²) >= 11 is 0. The Morgan fingerprint density at radius 3 is 2.39 bits per heavy atom. The molecule has 1 aliphatic rings. The summed E-state index contributed by atoms with van der Waals surface area (Å²) in [6.45, 7) is 6.19. The minimum Gasteiger partial charge on any atom is -0.396 e. The maximum Gasteiger partial charge on any atom is 0.416 e. The lowest BCUT2D eigenvalue weighted by atomic mass is 10.0. The Morgan fingerprint density at radius 1 is 1.00 bits per heavy atom. The minimum atomic E-state index is -4.59. The van der Waals surface area contributed by atoms with Crippen molar-refractivity contribution in [2.24, 2.45) is 0 Å². The highest BCUT2D eigenvalue weighted by Gasteiger charge is 2.34. The molecule has 0 bridgehead atoms. The first-order chi connectivity index (χ1) is 18.1. The number of hydrogen-bond donors (Lipinski definition) is 3. The quantitative estimate of drug-likeness (QED) is 0.439. The molecular formula is C27H28F3N7O. The van der Waals surface area contributed by atoms with Gasteiger partial charge in [0, 0.05) is 61.8 Å². The molecule has 2 aromatic heterocycles. The van der Waals surface area contributed by atoms with Crippen molar-refractivity contribution in [1.82, 2.24) is 19.8 Å². The van der Waals surface area contributed by atoms with Gasteiger partial charge in [0.1, 0.15) is 11.6 Å². The lowest BCUT2D eigenvalue weighted by Gasteiger charge is -2.34. The molecule has 0 saturated carbocycles. The first-order valence-corrected chi connectivity index (χ1v) is 12.1. The number of aromatic nitrogens is 2. The molecule has 0 radical (unpaired) electrons. The zero-order valence-electron chi connectivity index (χ0n) is 20.8. The van der Waals surface area contributed by atoms with Crippen molar-refractivity contribution in [3.8, 4) is 11.8 Å². The van der Waals surface area contributed by atoms with Gasteiger partial charge in [-0.2, -0.15) is 13.2 Å². The molecule has 38 heavy (non-hydrogen) atoms. The van der Waals surface area contributed by atoms with Crippen molar-refractivity contribution in [2.75, 3.05) is 49.5 Å². The topological polar surface area (TPSA) is 113 Å². The molecule has 0 aliphatic carbocycles. The number of piperazine rings is 1. The number of rotatable bonds is 5. The van der Waals surface area contributed by atoms with Gasteiger partial charge >= 0.3 is 6.18 Å². The van der Waals surface area contributed by atoms with Crippen LogP contribution in [0.4, 0.5) is 30.5 Å². The number of anilines is 3. The molecule has 0 atom stereocenters. The van der Waals surface area contributed by atoms with E-state index in [1.54, 1.807) is 12.1 Å². The number of halogens is 3. The van der Waals surface area contributed by atoms with Gasteiger partial charge in [0.15, 0.2) is 0 Å². The molecule has 198 valence electrons. The van der Waals surface area contributed by atoms with E-state index in [2.05, 4.69) is 38.9 Å². The second-order valence-corrected chi connectivity index (χ2v) is 8.91. The van der Waals surface area contributed by atoms with Gasteiger partial charge in [-0.1, -0.05) is 24.8 Å². The first kappa shape index (κ1) is 26.9. The van der Waals surface area contributed by atoms with Crippen molar-refractivity contribution in [1.29, 1.82) is 0 Å². The largest absolute Gasteiger partial charge is 0.416 e. The lowest BCUT2D eigenvalue weighted by Crippen LogP contribution is -2.45. The van der Waals surface area contributed by atoms with Crippen LogP contribution < -0.4 is 16.8 Å². The number of nitrogens with zero attached hydrogens (tertiary/aromatic N) is 4. The van der Waals surface area contributed by atoms with Crippen LogP contribution in [0.25, 0.3) is 0 Å². The first-order valence-electron chi connectivity index (χ1n) is 12.1. The van der Waals surface area contributed by atoms with E-state index in [-0.39, 0.29) is 29.3 Å². The number of hydrogen-bond acceptors (Lipinski definition) is 7. The zero-order chi connectivity index (χ0) is 27.3. The number of benzene rings is 1. The third-order valence-corrected chi connectivity index (χ3v) is 6.29. The normalized spacial score (nSPS) is 14.5. The minimum absolute atomic E-state index is 0.112. The average molecular weight is 524 g/mol. The highest BCUT2D eigenvalue weighted by Crippen LogP contribution is 2.33. The molecule has 4 rings (SSSR count). The summed E-state index contributed by atoms with van der Waals surface area (Å²) < 4.78 is 41.7. The van der Waals surface area contributed by atoms with Gasteiger partial charge in [0.2, 0.25) is 0 Å². The molecule has 5 N–H and O–H groups in total. The molecule has 1 saturated heterocycles. The Morgan fingerprint density at radius 2 is 1.71 bits per heavy atom. The number of nitrogens with one attached hydrogen (secondary N) is 1. The lowest BCUT2D eigenvalue weighted by molar-refractivity contribution is -0.138. The van der Waals surface area contributed by atoms with E-state index in [4.69, 9.17) is 11.5 Å². The second kappa shape index (κ2) is 11.5. The smallest absolute Gasteiger partial charge is 0.396 e. The molecule has 3 heterocycles. The van der Waals surface area contributed by atoms with Crippen LogP contribution in [-0.2, 0) is 12.7 Å². The molecule has 0 spiro atoms. The number of nitrogens with two attached hydrogens (primary N) is 2. The summed E-state index contributed by atoms with van der Waals surface area (Å²) in [5.74, 6) is 5.46. The third-order valence-electron chi connectivity index (χ3n) is 6.29. The Kier molecular flexibility index (Phi) is 8.14. The number of amides is 1. The van der Waals surface area contributed by atoms with Gasteiger partial charge in [-0.25, -0.2) is 9.97 Å². The predicted molar refractivity (Wildman–Crippen MR) is 140 cm³/mol. The fraction of sp³-hybridized carbons (Fsp3) is 0.296. The fourth-order valence-electron chi connectivity index (χ4n) is 4.09. The monoisotopic (exact) mass is 523 g/mol. The molecule has 1 fully saturated rings. The molecule has 1 aliphatic heterocycles. The zero-order valence-corrected chi connectivity index (χ0v) is 20.8. The molecule has 1 amide bonds. The van der Waals surface area contributed by atoms with Crippen LogP contribution in [-0.4, -0.2) is 58.4 Å². The van der Waals surface area contributed by atoms with Crippen LogP contribution in [0.3, 0.4) is 0 Å². The maximum atomic E-state index is 13.9. The SMILES string of the molecule is CCN1CCN(Cc2ccc(C(=O)Nc3cc(C#Cc4cnc(N)c(N)c4)ccn3)cc2C(F)(F)F)CC1. The van der Waals surface area contributed by atoms with E-state index < -0.39 is 17.6 Å². The molecular weight excluding hydrogens is 495 g/mol. The van der Waals surface area contributed by atoms with E-state index in [0.717, 1.165) is 25.7 Å². The summed E-state index contributed by atoms with van der Waals surface area (Å²) in [7, 11) is 0. The highest BCUT2D eigenvalue weighted by atomic mass is 19.4. The van der Waals surface area contributed by atoms with E-state index in [9.17, 15) is 18.0 Å². The van der Waals surface area contributed by atoms with Gasteiger partial charge in [0.25, 0.3) is 5.91 Å². The highest BCUT2D eigenvalue weighted by molar-refractivity contribution is 6.04. The standard InChI is InChI=1S/C27H28F3N7O/c1-2-36-9-11-37(12-10-36)17-21-6-5-20(15-22(21)27(28,29)30)26(38)35-24-14-18(7-8-33-24)3-4-19-13-23(31)25(32)34-16-19/h5-8,13-16H,2,9-12,17,31H2,1H3,(H2,32,34)(H,33,35,38). The van der Waals surface area contributed by atoms with E-state index in [1.165, 1.54) is 30.6 Å². The van der Waals surface area contributed by atoms with Gasteiger partial charge in [-0.15, -0.1) is 0 Å². The molecule has 3 aromatic rings. The van der Waals surface area contributed by atoms with E-state index in [1.807, 2.05) is 4.90 Å². The number of pyridine rings is 2. The van der Waals surface area contributed by atoms with Crippen molar-refractivity contribution in [3.05, 3.63) is 76.6 Å². The van der Waals surface area contributed by atoms with Crippen LogP contribution in [0, 0.1) is 11.8 Å². The van der Waals surface area contributed by atoms with Crippen LogP contribution in [0.5, 0.6) is 0 Å². The van der Waals surface area contributed by atoms with E-state index in [0.29, 0.717) is 29.9 Å². The number of carbonyl (C=O) groups is 1. The summed E-state index contributed by atoms with van der Waals surface area (Å²) in [4.78, 5) is 25.1. The molecule has 11 heteroatoms. The van der Waals surface area contributed by atoms with Crippen LogP contribution in [0.2, 0.25) is 0 Å². The predicted octanol–water partition coefficient (Wildman–Crippen LogP) is 3.45. The molecule has 0 unspecified atom stereocenters. The number of nitrogen functional groups attached to an aromatic ring is 2. The van der Waals surface area contributed by atoms with Crippen molar-refractivity contribution >= 4 is 23.2 Å². The van der Waals surface area contributed by atoms with E-state index >= 15 is 0 Å². The van der Waals surface area contributed by atoms with Crippen LogP contribution in [0.15, 0.2) is 48.8 Å². The Balaban J connectivity index is 1.48. The maximum absolute atomic E-state index is 13.9. The fourth-order valence-corrected chi connectivity index (χ4v) is 4.09. The van der Waals surface area contributed by atoms with Gasteiger partial charge < -0.3 is 21.7 Å². The Bertz CT molecular complexity index is 1370.